The van der Waals surface area contributed by atoms with Crippen LogP contribution in [0.3, 0.4) is 0 Å². The van der Waals surface area contributed by atoms with Gasteiger partial charge in [-0.15, -0.1) is 0 Å². The first-order chi connectivity index (χ1) is 17.8. The van der Waals surface area contributed by atoms with Gasteiger partial charge in [0.25, 0.3) is 5.56 Å². The Morgan fingerprint density at radius 1 is 1.05 bits per heavy atom. The molecular weight excluding hydrogens is 481 g/mol. The third-order valence-corrected chi connectivity index (χ3v) is 7.00. The number of alkyl halides is 3. The van der Waals surface area contributed by atoms with E-state index in [4.69, 9.17) is 5.10 Å². The zero-order chi connectivity index (χ0) is 26.0. The van der Waals surface area contributed by atoms with Gasteiger partial charge in [0, 0.05) is 23.6 Å². The molecule has 4 aromatic rings. The molecule has 3 N–H and O–H groups in total. The Balaban J connectivity index is 1.47. The Labute approximate surface area is 210 Å². The number of benzene rings is 2. The molecule has 10 heteroatoms. The molecule has 1 fully saturated rings. The molecule has 2 aromatic carbocycles. The highest BCUT2D eigenvalue weighted by molar-refractivity contribution is 5.91. The van der Waals surface area contributed by atoms with Crippen molar-refractivity contribution in [2.75, 3.05) is 10.6 Å². The molecule has 190 valence electrons. The van der Waals surface area contributed by atoms with E-state index in [1.165, 1.54) is 18.3 Å². The van der Waals surface area contributed by atoms with E-state index in [9.17, 15) is 23.2 Å². The van der Waals surface area contributed by atoms with Crippen molar-refractivity contribution in [1.29, 1.82) is 5.26 Å². The summed E-state index contributed by atoms with van der Waals surface area (Å²) in [5.74, 6) is 0.235. The van der Waals surface area contributed by atoms with Crippen LogP contribution in [0.2, 0.25) is 0 Å². The van der Waals surface area contributed by atoms with E-state index in [1.54, 1.807) is 10.7 Å². The average molecular weight is 507 g/mol. The Bertz CT molecular complexity index is 1480. The number of anilines is 3. The Morgan fingerprint density at radius 2 is 1.76 bits per heavy atom. The highest BCUT2D eigenvalue weighted by Gasteiger charge is 2.39. The number of nitrogens with one attached hydrogen (secondary N) is 3. The predicted molar refractivity (Wildman–Crippen MR) is 136 cm³/mol. The molecule has 37 heavy (non-hydrogen) atoms. The first kappa shape index (κ1) is 24.4. The maximum atomic E-state index is 13.0. The Morgan fingerprint density at radius 3 is 2.41 bits per heavy atom. The third-order valence-electron chi connectivity index (χ3n) is 7.00. The molecule has 1 saturated carbocycles. The first-order valence-corrected chi connectivity index (χ1v) is 12.0. The number of H-pyrrole nitrogens is 1. The van der Waals surface area contributed by atoms with E-state index in [2.05, 4.69) is 21.7 Å². The largest absolute Gasteiger partial charge is 0.416 e. The van der Waals surface area contributed by atoms with Gasteiger partial charge in [-0.05, 0) is 68.1 Å². The number of nitrogens with zero attached hydrogens (tertiary/aromatic N) is 3. The van der Waals surface area contributed by atoms with E-state index in [0.29, 0.717) is 29.4 Å². The van der Waals surface area contributed by atoms with Crippen LogP contribution in [0, 0.1) is 11.3 Å². The lowest BCUT2D eigenvalue weighted by molar-refractivity contribution is -0.137. The molecule has 0 spiro atoms. The van der Waals surface area contributed by atoms with Gasteiger partial charge in [-0.1, -0.05) is 18.2 Å². The normalized spacial score (nSPS) is 19.9. The predicted octanol–water partition coefficient (Wildman–Crippen LogP) is 6.15. The molecule has 0 radical (unpaired) electrons. The molecule has 0 unspecified atom stereocenters. The van der Waals surface area contributed by atoms with Gasteiger partial charge in [0.05, 0.1) is 29.1 Å². The number of hydrogen-bond donors (Lipinski definition) is 3. The summed E-state index contributed by atoms with van der Waals surface area (Å²) < 4.78 is 40.7. The van der Waals surface area contributed by atoms with Crippen molar-refractivity contribution in [2.24, 2.45) is 0 Å². The number of nitriles is 1. The number of halogens is 3. The SMILES string of the molecule is N#CC[C@]1(n2nc(Nc3ccc(C(F)(F)F)cc3)c3c(=O)[nH]ccc32)CC[C@@H](Nc2ccccc2)CC1. The van der Waals surface area contributed by atoms with E-state index >= 15 is 0 Å². The van der Waals surface area contributed by atoms with Crippen LogP contribution in [0.4, 0.5) is 30.4 Å². The summed E-state index contributed by atoms with van der Waals surface area (Å²) >= 11 is 0. The molecule has 0 bridgehead atoms. The molecule has 0 saturated heterocycles. The fourth-order valence-electron chi connectivity index (χ4n) is 5.09. The molecular formula is C27H25F3N6O. The zero-order valence-corrected chi connectivity index (χ0v) is 19.8. The summed E-state index contributed by atoms with van der Waals surface area (Å²) in [6, 6.07) is 18.8. The smallest absolute Gasteiger partial charge is 0.382 e. The van der Waals surface area contributed by atoms with E-state index < -0.39 is 17.3 Å². The van der Waals surface area contributed by atoms with Crippen molar-refractivity contribution in [1.82, 2.24) is 14.8 Å². The summed E-state index contributed by atoms with van der Waals surface area (Å²) in [6.07, 6.45) is 0.276. The summed E-state index contributed by atoms with van der Waals surface area (Å²) in [5, 5.41) is 21.3. The van der Waals surface area contributed by atoms with Crippen LogP contribution in [-0.2, 0) is 11.7 Å². The topological polar surface area (TPSA) is 98.5 Å². The minimum Gasteiger partial charge on any atom is -0.382 e. The molecule has 0 aliphatic heterocycles. The first-order valence-electron chi connectivity index (χ1n) is 12.0. The summed E-state index contributed by atoms with van der Waals surface area (Å²) in [4.78, 5) is 15.5. The minimum absolute atomic E-state index is 0.217. The van der Waals surface area contributed by atoms with Gasteiger partial charge in [-0.3, -0.25) is 9.48 Å². The van der Waals surface area contributed by atoms with Crippen molar-refractivity contribution in [3.05, 3.63) is 82.8 Å². The lowest BCUT2D eigenvalue weighted by atomic mass is 9.77. The fourth-order valence-corrected chi connectivity index (χ4v) is 5.09. The lowest BCUT2D eigenvalue weighted by Gasteiger charge is -2.40. The zero-order valence-electron chi connectivity index (χ0n) is 19.8. The van der Waals surface area contributed by atoms with E-state index in [0.717, 1.165) is 30.7 Å². The number of fused-ring (bicyclic) bond motifs is 1. The van der Waals surface area contributed by atoms with Crippen molar-refractivity contribution in [2.45, 2.75) is 49.9 Å². The number of hydrogen-bond acceptors (Lipinski definition) is 5. The van der Waals surface area contributed by atoms with Crippen LogP contribution in [0.25, 0.3) is 10.9 Å². The standard InChI is InChI=1S/C27H25F3N6O/c28-27(29,30)18-6-8-20(9-7-18)34-24-23-22(12-17-32-25(23)37)36(35-24)26(15-16-31)13-10-21(11-14-26)33-19-4-2-1-3-5-19/h1-9,12,17,21,33H,10-11,13-15H2,(H,32,37)(H,34,35)/t21-,26+. The third kappa shape index (κ3) is 4.89. The van der Waals surface area contributed by atoms with E-state index in [1.807, 2.05) is 30.3 Å². The van der Waals surface area contributed by atoms with Crippen molar-refractivity contribution < 1.29 is 13.2 Å². The molecule has 2 aromatic heterocycles. The maximum absolute atomic E-state index is 13.0. The van der Waals surface area contributed by atoms with Gasteiger partial charge in [0.1, 0.15) is 5.39 Å². The quantitative estimate of drug-likeness (QED) is 0.291. The molecule has 0 amide bonds. The monoisotopic (exact) mass is 506 g/mol. The Hall–Kier alpha value is -4.26. The Kier molecular flexibility index (Phi) is 6.38. The van der Waals surface area contributed by atoms with Crippen LogP contribution in [0.15, 0.2) is 71.7 Å². The van der Waals surface area contributed by atoms with Gasteiger partial charge in [0.2, 0.25) is 0 Å². The number of para-hydroxylation sites is 1. The second kappa shape index (κ2) is 9.65. The second-order valence-corrected chi connectivity index (χ2v) is 9.37. The van der Waals surface area contributed by atoms with Crippen molar-refractivity contribution >= 4 is 28.1 Å². The molecule has 1 aliphatic rings. The van der Waals surface area contributed by atoms with Gasteiger partial charge in [-0.2, -0.15) is 23.5 Å². The molecule has 7 nitrogen and oxygen atoms in total. The highest BCUT2D eigenvalue weighted by atomic mass is 19.4. The molecule has 2 heterocycles. The number of aromatic nitrogens is 3. The molecule has 0 atom stereocenters. The highest BCUT2D eigenvalue weighted by Crippen LogP contribution is 2.41. The number of pyridine rings is 1. The van der Waals surface area contributed by atoms with Gasteiger partial charge in [-0.25, -0.2) is 0 Å². The van der Waals surface area contributed by atoms with Crippen LogP contribution in [0.1, 0.15) is 37.7 Å². The number of rotatable bonds is 6. The van der Waals surface area contributed by atoms with Gasteiger partial charge >= 0.3 is 6.18 Å². The van der Waals surface area contributed by atoms with Crippen LogP contribution in [0.5, 0.6) is 0 Å². The average Bonchev–Trinajstić information content (AvgIpc) is 3.26. The lowest BCUT2D eigenvalue weighted by Crippen LogP contribution is -2.41. The maximum Gasteiger partial charge on any atom is 0.416 e. The summed E-state index contributed by atoms with van der Waals surface area (Å²) in [7, 11) is 0. The number of aromatic amines is 1. The fraction of sp³-hybridized carbons (Fsp3) is 0.296. The van der Waals surface area contributed by atoms with Gasteiger partial charge < -0.3 is 15.6 Å². The van der Waals surface area contributed by atoms with Crippen LogP contribution in [-0.4, -0.2) is 20.8 Å². The van der Waals surface area contributed by atoms with Crippen LogP contribution >= 0.6 is 0 Å². The molecule has 5 rings (SSSR count). The molecule has 1 aliphatic carbocycles. The summed E-state index contributed by atoms with van der Waals surface area (Å²) in [5.41, 5.74) is 0.232. The second-order valence-electron chi connectivity index (χ2n) is 9.37. The summed E-state index contributed by atoms with van der Waals surface area (Å²) in [6.45, 7) is 0. The van der Waals surface area contributed by atoms with E-state index in [-0.39, 0.29) is 23.8 Å². The van der Waals surface area contributed by atoms with Crippen LogP contribution < -0.4 is 16.2 Å². The van der Waals surface area contributed by atoms with Gasteiger partial charge in [0.15, 0.2) is 5.82 Å². The van der Waals surface area contributed by atoms with Crippen molar-refractivity contribution in [3.63, 3.8) is 0 Å². The van der Waals surface area contributed by atoms with Crippen molar-refractivity contribution in [3.8, 4) is 6.07 Å². The minimum atomic E-state index is -4.44.